The molecule has 0 saturated heterocycles. The maximum Gasteiger partial charge on any atom is 0.315 e. The van der Waals surface area contributed by atoms with Gasteiger partial charge >= 0.3 is 6.03 Å². The number of nitrogens with one attached hydrogen (secondary N) is 2. The lowest BCUT2D eigenvalue weighted by Gasteiger charge is -2.34. The molecule has 25 heavy (non-hydrogen) atoms. The van der Waals surface area contributed by atoms with Crippen LogP contribution in [0.2, 0.25) is 0 Å². The molecular formula is C19H25N3O2S. The number of rotatable bonds is 4. The minimum Gasteiger partial charge on any atom is -0.508 e. The Morgan fingerprint density at radius 2 is 2.20 bits per heavy atom. The van der Waals surface area contributed by atoms with E-state index in [1.165, 1.54) is 0 Å². The Bertz CT molecular complexity index is 743. The van der Waals surface area contributed by atoms with E-state index in [4.69, 9.17) is 5.73 Å². The van der Waals surface area contributed by atoms with E-state index in [1.807, 2.05) is 42.8 Å². The van der Waals surface area contributed by atoms with E-state index in [1.54, 1.807) is 17.4 Å². The summed E-state index contributed by atoms with van der Waals surface area (Å²) >= 11 is 1.59. The van der Waals surface area contributed by atoms with Gasteiger partial charge in [-0.25, -0.2) is 4.79 Å². The average Bonchev–Trinajstić information content (AvgIpc) is 3.09. The lowest BCUT2D eigenvalue weighted by molar-refractivity contribution is 0.218. The Hall–Kier alpha value is -2.05. The van der Waals surface area contributed by atoms with Crippen molar-refractivity contribution >= 4 is 17.4 Å². The van der Waals surface area contributed by atoms with Crippen molar-refractivity contribution in [1.82, 2.24) is 10.6 Å². The van der Waals surface area contributed by atoms with Crippen molar-refractivity contribution in [2.24, 2.45) is 5.73 Å². The first-order valence-electron chi connectivity index (χ1n) is 8.55. The molecule has 0 spiro atoms. The quantitative estimate of drug-likeness (QED) is 0.672. The van der Waals surface area contributed by atoms with E-state index < -0.39 is 5.54 Å². The summed E-state index contributed by atoms with van der Waals surface area (Å²) in [6.07, 6.45) is 2.64. The zero-order chi connectivity index (χ0) is 18.0. The highest BCUT2D eigenvalue weighted by Crippen LogP contribution is 2.34. The first-order valence-corrected chi connectivity index (χ1v) is 9.50. The monoisotopic (exact) mass is 359 g/mol. The van der Waals surface area contributed by atoms with Crippen LogP contribution in [0.15, 0.2) is 35.0 Å². The molecule has 1 heterocycles. The fraction of sp³-hybridized carbons (Fsp3) is 0.421. The highest BCUT2D eigenvalue weighted by atomic mass is 32.1. The smallest absolute Gasteiger partial charge is 0.315 e. The second-order valence-corrected chi connectivity index (χ2v) is 7.92. The molecule has 2 aromatic rings. The standard InChI is InChI=1S/C19H25N3O2S/c1-19(2,17(20)12-9-10-25-11-12)22-18(24)21-15-7-3-6-14-13(15)5-4-8-16(14)23/h4-5,8-11,15,17,23H,3,6-7,20H2,1-2H3,(H2,21,22,24). The highest BCUT2D eigenvalue weighted by molar-refractivity contribution is 7.08. The van der Waals surface area contributed by atoms with Crippen LogP contribution in [-0.4, -0.2) is 16.7 Å². The van der Waals surface area contributed by atoms with Crippen LogP contribution >= 0.6 is 11.3 Å². The van der Waals surface area contributed by atoms with Gasteiger partial charge in [0.1, 0.15) is 5.75 Å². The number of hydrogen-bond donors (Lipinski definition) is 4. The van der Waals surface area contributed by atoms with Gasteiger partial charge in [0.2, 0.25) is 0 Å². The van der Waals surface area contributed by atoms with Crippen molar-refractivity contribution in [2.45, 2.75) is 50.7 Å². The van der Waals surface area contributed by atoms with E-state index in [0.717, 1.165) is 36.0 Å². The van der Waals surface area contributed by atoms with Crippen LogP contribution in [0.3, 0.4) is 0 Å². The predicted octanol–water partition coefficient (Wildman–Crippen LogP) is 3.61. The van der Waals surface area contributed by atoms with Crippen molar-refractivity contribution in [3.63, 3.8) is 0 Å². The Kier molecular flexibility index (Phi) is 5.01. The molecule has 0 aliphatic heterocycles. The minimum absolute atomic E-state index is 0.0935. The number of carbonyl (C=O) groups excluding carboxylic acids is 1. The maximum absolute atomic E-state index is 12.6. The molecule has 134 valence electrons. The predicted molar refractivity (Wildman–Crippen MR) is 101 cm³/mol. The second-order valence-electron chi connectivity index (χ2n) is 7.14. The van der Waals surface area contributed by atoms with Gasteiger partial charge in [0.15, 0.2) is 0 Å². The Morgan fingerprint density at radius 1 is 1.40 bits per heavy atom. The van der Waals surface area contributed by atoms with E-state index in [2.05, 4.69) is 10.6 Å². The summed E-state index contributed by atoms with van der Waals surface area (Å²) in [5.41, 5.74) is 8.70. The first kappa shape index (κ1) is 17.8. The molecule has 0 bridgehead atoms. The number of fused-ring (bicyclic) bond motifs is 1. The van der Waals surface area contributed by atoms with E-state index in [9.17, 15) is 9.90 Å². The lowest BCUT2D eigenvalue weighted by atomic mass is 9.87. The average molecular weight is 359 g/mol. The van der Waals surface area contributed by atoms with E-state index in [-0.39, 0.29) is 18.1 Å². The van der Waals surface area contributed by atoms with Gasteiger partial charge in [-0.3, -0.25) is 0 Å². The molecular weight excluding hydrogens is 334 g/mol. The van der Waals surface area contributed by atoms with Gasteiger partial charge in [0.05, 0.1) is 17.6 Å². The maximum atomic E-state index is 12.6. The molecule has 1 aliphatic rings. The van der Waals surface area contributed by atoms with Gasteiger partial charge in [-0.1, -0.05) is 12.1 Å². The van der Waals surface area contributed by atoms with Crippen LogP contribution in [0, 0.1) is 0 Å². The molecule has 6 heteroatoms. The number of hydrogen-bond acceptors (Lipinski definition) is 4. The molecule has 2 atom stereocenters. The number of carbonyl (C=O) groups is 1. The van der Waals surface area contributed by atoms with E-state index >= 15 is 0 Å². The van der Waals surface area contributed by atoms with Gasteiger partial charge in [-0.2, -0.15) is 11.3 Å². The Labute approximate surface area is 152 Å². The molecule has 1 aromatic carbocycles. The minimum atomic E-state index is -0.582. The van der Waals surface area contributed by atoms with Crippen molar-refractivity contribution in [2.75, 3.05) is 0 Å². The van der Waals surface area contributed by atoms with Crippen LogP contribution in [-0.2, 0) is 6.42 Å². The number of urea groups is 1. The van der Waals surface area contributed by atoms with Crippen LogP contribution in [0.4, 0.5) is 4.79 Å². The highest BCUT2D eigenvalue weighted by Gasteiger charge is 2.31. The summed E-state index contributed by atoms with van der Waals surface area (Å²) in [7, 11) is 0. The summed E-state index contributed by atoms with van der Waals surface area (Å²) < 4.78 is 0. The summed E-state index contributed by atoms with van der Waals surface area (Å²) in [4.78, 5) is 12.6. The van der Waals surface area contributed by atoms with Crippen LogP contribution in [0.5, 0.6) is 5.75 Å². The molecule has 5 nitrogen and oxygen atoms in total. The molecule has 1 aliphatic carbocycles. The fourth-order valence-corrected chi connectivity index (χ4v) is 4.11. The summed E-state index contributed by atoms with van der Waals surface area (Å²) in [6.45, 7) is 3.85. The third-order valence-electron chi connectivity index (χ3n) is 4.90. The Morgan fingerprint density at radius 3 is 2.92 bits per heavy atom. The lowest BCUT2D eigenvalue weighted by Crippen LogP contribution is -2.54. The summed E-state index contributed by atoms with van der Waals surface area (Å²) in [6, 6.07) is 6.86. The van der Waals surface area contributed by atoms with Gasteiger partial charge in [-0.15, -0.1) is 0 Å². The molecule has 0 radical (unpaired) electrons. The number of phenolic OH excluding ortho intramolecular Hbond substituents is 1. The molecule has 0 fully saturated rings. The largest absolute Gasteiger partial charge is 0.508 e. The van der Waals surface area contributed by atoms with Crippen LogP contribution in [0.25, 0.3) is 0 Å². The third-order valence-corrected chi connectivity index (χ3v) is 5.60. The Balaban J connectivity index is 1.68. The van der Waals surface area contributed by atoms with Crippen molar-refractivity contribution in [3.05, 3.63) is 51.7 Å². The number of thiophene rings is 1. The first-order chi connectivity index (χ1) is 11.9. The zero-order valence-electron chi connectivity index (χ0n) is 14.6. The number of amides is 2. The van der Waals surface area contributed by atoms with Crippen molar-refractivity contribution in [1.29, 1.82) is 0 Å². The second kappa shape index (κ2) is 7.06. The topological polar surface area (TPSA) is 87.4 Å². The number of aromatic hydroxyl groups is 1. The fourth-order valence-electron chi connectivity index (χ4n) is 3.41. The molecule has 0 saturated carbocycles. The molecule has 2 amide bonds. The van der Waals surface area contributed by atoms with Crippen LogP contribution < -0.4 is 16.4 Å². The summed E-state index contributed by atoms with van der Waals surface area (Å²) in [5.74, 6) is 0.309. The summed E-state index contributed by atoms with van der Waals surface area (Å²) in [5, 5.41) is 20.1. The zero-order valence-corrected chi connectivity index (χ0v) is 15.4. The van der Waals surface area contributed by atoms with Gasteiger partial charge in [-0.05, 0) is 72.7 Å². The molecule has 2 unspecified atom stereocenters. The molecule has 1 aromatic heterocycles. The number of phenols is 1. The van der Waals surface area contributed by atoms with Crippen molar-refractivity contribution in [3.8, 4) is 5.75 Å². The van der Waals surface area contributed by atoms with Crippen LogP contribution in [0.1, 0.15) is 55.5 Å². The third kappa shape index (κ3) is 3.80. The number of benzene rings is 1. The van der Waals surface area contributed by atoms with Crippen molar-refractivity contribution < 1.29 is 9.90 Å². The van der Waals surface area contributed by atoms with Gasteiger partial charge in [0.25, 0.3) is 0 Å². The molecule has 3 rings (SSSR count). The number of nitrogens with two attached hydrogens (primary N) is 1. The van der Waals surface area contributed by atoms with E-state index in [0.29, 0.717) is 5.75 Å². The van der Waals surface area contributed by atoms with Gasteiger partial charge in [0, 0.05) is 0 Å². The van der Waals surface area contributed by atoms with Gasteiger partial charge < -0.3 is 21.5 Å². The molecule has 5 N–H and O–H groups in total. The SMILES string of the molecule is CC(C)(NC(=O)NC1CCCc2c(O)cccc21)C(N)c1ccsc1. The normalized spacial score (nSPS) is 18.3.